The number of primary amides is 1. The van der Waals surface area contributed by atoms with E-state index in [-0.39, 0.29) is 34.1 Å². The van der Waals surface area contributed by atoms with Gasteiger partial charge in [0.15, 0.2) is 11.6 Å². The van der Waals surface area contributed by atoms with E-state index in [2.05, 4.69) is 5.32 Å². The molecular formula is C26H25ClF2N2O2. The molecule has 3 aromatic rings. The zero-order valence-electron chi connectivity index (χ0n) is 18.5. The Morgan fingerprint density at radius 3 is 2.52 bits per heavy atom. The van der Waals surface area contributed by atoms with Gasteiger partial charge in [0.25, 0.3) is 0 Å². The van der Waals surface area contributed by atoms with Crippen LogP contribution in [0.25, 0.3) is 11.1 Å². The van der Waals surface area contributed by atoms with Crippen molar-refractivity contribution in [1.29, 1.82) is 0 Å². The summed E-state index contributed by atoms with van der Waals surface area (Å²) in [6.45, 7) is 4.21. The van der Waals surface area contributed by atoms with Gasteiger partial charge in [0.1, 0.15) is 5.82 Å². The minimum atomic E-state index is -0.837. The molecule has 0 radical (unpaired) electrons. The van der Waals surface area contributed by atoms with Crippen molar-refractivity contribution in [3.8, 4) is 16.9 Å². The standard InChI is InChI=1S/C26H25ClF2N2O2/c1-3-12-33-20-11-10-16(25(30)32)22(24(20)29)21-17-14-26(4-2,15-8-6-5-7-9-15)31-19(17)13-18(28)23(21)27/h5-11,13,31H,3-4,12,14H2,1-2H3,(H2,30,32)/t26-/m0/s1. The molecule has 0 spiro atoms. The van der Waals surface area contributed by atoms with Crippen molar-refractivity contribution in [3.05, 3.63) is 81.9 Å². The number of hydrogen-bond donors (Lipinski definition) is 2. The lowest BCUT2D eigenvalue weighted by atomic mass is 9.82. The van der Waals surface area contributed by atoms with Gasteiger partial charge in [-0.05, 0) is 42.2 Å². The molecule has 1 amide bonds. The van der Waals surface area contributed by atoms with Gasteiger partial charge in [-0.1, -0.05) is 55.8 Å². The second-order valence-corrected chi connectivity index (χ2v) is 8.57. The quantitative estimate of drug-likeness (QED) is 0.417. The Bertz CT molecular complexity index is 1220. The normalized spacial score (nSPS) is 16.9. The molecular weight excluding hydrogens is 446 g/mol. The summed E-state index contributed by atoms with van der Waals surface area (Å²) in [6.07, 6.45) is 1.79. The summed E-state index contributed by atoms with van der Waals surface area (Å²) in [5.74, 6) is -2.38. The molecule has 0 aromatic heterocycles. The van der Waals surface area contributed by atoms with Gasteiger partial charge in [0, 0.05) is 23.2 Å². The average molecular weight is 471 g/mol. The monoisotopic (exact) mass is 470 g/mol. The molecule has 0 aliphatic carbocycles. The molecule has 1 aliphatic heterocycles. The molecule has 1 heterocycles. The summed E-state index contributed by atoms with van der Waals surface area (Å²) in [6, 6.07) is 13.9. The number of amides is 1. The van der Waals surface area contributed by atoms with Gasteiger partial charge in [-0.3, -0.25) is 4.79 Å². The lowest BCUT2D eigenvalue weighted by Crippen LogP contribution is -2.32. The maximum Gasteiger partial charge on any atom is 0.249 e. The number of nitrogens with one attached hydrogen (secondary N) is 1. The molecule has 3 aromatic carbocycles. The Morgan fingerprint density at radius 2 is 1.88 bits per heavy atom. The lowest BCUT2D eigenvalue weighted by Gasteiger charge is -2.29. The van der Waals surface area contributed by atoms with Crippen LogP contribution in [0.4, 0.5) is 14.5 Å². The van der Waals surface area contributed by atoms with Crippen LogP contribution in [0.2, 0.25) is 5.02 Å². The first-order valence-corrected chi connectivity index (χ1v) is 11.3. The summed E-state index contributed by atoms with van der Waals surface area (Å²) in [7, 11) is 0. The molecule has 172 valence electrons. The number of carbonyl (C=O) groups excluding carboxylic acids is 1. The maximum atomic E-state index is 15.7. The summed E-state index contributed by atoms with van der Waals surface area (Å²) < 4.78 is 36.3. The van der Waals surface area contributed by atoms with Crippen LogP contribution >= 0.6 is 11.6 Å². The molecule has 7 heteroatoms. The van der Waals surface area contributed by atoms with Gasteiger partial charge in [-0.2, -0.15) is 0 Å². The van der Waals surface area contributed by atoms with Crippen molar-refractivity contribution in [1.82, 2.24) is 0 Å². The fourth-order valence-electron chi connectivity index (χ4n) is 4.50. The van der Waals surface area contributed by atoms with Crippen LogP contribution < -0.4 is 15.8 Å². The van der Waals surface area contributed by atoms with Crippen LogP contribution in [-0.2, 0) is 12.0 Å². The van der Waals surface area contributed by atoms with E-state index in [4.69, 9.17) is 22.1 Å². The van der Waals surface area contributed by atoms with E-state index in [0.29, 0.717) is 30.5 Å². The van der Waals surface area contributed by atoms with Crippen molar-refractivity contribution < 1.29 is 18.3 Å². The zero-order valence-corrected chi connectivity index (χ0v) is 19.2. The highest BCUT2D eigenvalue weighted by atomic mass is 35.5. The molecule has 4 rings (SSSR count). The van der Waals surface area contributed by atoms with Crippen LogP contribution in [0.15, 0.2) is 48.5 Å². The van der Waals surface area contributed by atoms with Gasteiger partial charge in [0.2, 0.25) is 5.91 Å². The number of halogens is 3. The van der Waals surface area contributed by atoms with E-state index in [9.17, 15) is 4.79 Å². The summed E-state index contributed by atoms with van der Waals surface area (Å²) in [4.78, 5) is 12.2. The Balaban J connectivity index is 1.97. The molecule has 4 nitrogen and oxygen atoms in total. The molecule has 0 unspecified atom stereocenters. The first-order valence-electron chi connectivity index (χ1n) is 10.9. The Hall–Kier alpha value is -3.12. The van der Waals surface area contributed by atoms with E-state index in [0.717, 1.165) is 5.56 Å². The second-order valence-electron chi connectivity index (χ2n) is 8.19. The molecule has 3 N–H and O–H groups in total. The van der Waals surface area contributed by atoms with Crippen LogP contribution in [0, 0.1) is 11.6 Å². The second kappa shape index (κ2) is 9.02. The smallest absolute Gasteiger partial charge is 0.249 e. The van der Waals surface area contributed by atoms with Crippen molar-refractivity contribution >= 4 is 23.2 Å². The number of anilines is 1. The van der Waals surface area contributed by atoms with E-state index >= 15 is 8.78 Å². The van der Waals surface area contributed by atoms with Gasteiger partial charge >= 0.3 is 0 Å². The third kappa shape index (κ3) is 3.93. The van der Waals surface area contributed by atoms with Gasteiger partial charge in [0.05, 0.1) is 22.7 Å². The summed E-state index contributed by atoms with van der Waals surface area (Å²) in [5.41, 5.74) is 7.09. The van der Waals surface area contributed by atoms with Crippen LogP contribution in [0.1, 0.15) is 48.2 Å². The van der Waals surface area contributed by atoms with Gasteiger partial charge in [-0.15, -0.1) is 0 Å². The zero-order chi connectivity index (χ0) is 23.8. The predicted octanol–water partition coefficient (Wildman–Crippen LogP) is 6.45. The number of benzene rings is 3. The van der Waals surface area contributed by atoms with Crippen LogP contribution in [-0.4, -0.2) is 12.5 Å². The van der Waals surface area contributed by atoms with Gasteiger partial charge in [-0.25, -0.2) is 8.78 Å². The third-order valence-electron chi connectivity index (χ3n) is 6.19. The Kier molecular flexibility index (Phi) is 6.30. The molecule has 0 fully saturated rings. The number of nitrogens with two attached hydrogens (primary N) is 1. The first-order chi connectivity index (χ1) is 15.8. The topological polar surface area (TPSA) is 64.3 Å². The number of hydrogen-bond acceptors (Lipinski definition) is 3. The van der Waals surface area contributed by atoms with Crippen LogP contribution in [0.3, 0.4) is 0 Å². The van der Waals surface area contributed by atoms with Crippen molar-refractivity contribution in [2.24, 2.45) is 5.73 Å². The highest BCUT2D eigenvalue weighted by Gasteiger charge is 2.40. The largest absolute Gasteiger partial charge is 0.491 e. The lowest BCUT2D eigenvalue weighted by molar-refractivity contribution is 0.100. The molecule has 0 bridgehead atoms. The Labute approximate surface area is 196 Å². The van der Waals surface area contributed by atoms with Crippen molar-refractivity contribution in [3.63, 3.8) is 0 Å². The molecule has 1 atom stereocenters. The highest BCUT2D eigenvalue weighted by molar-refractivity contribution is 6.34. The minimum absolute atomic E-state index is 0.0401. The fraction of sp³-hybridized carbons (Fsp3) is 0.269. The molecule has 1 aliphatic rings. The molecule has 33 heavy (non-hydrogen) atoms. The van der Waals surface area contributed by atoms with E-state index in [1.807, 2.05) is 44.2 Å². The maximum absolute atomic E-state index is 15.7. The van der Waals surface area contributed by atoms with E-state index in [1.54, 1.807) is 0 Å². The first kappa shape index (κ1) is 23.1. The van der Waals surface area contributed by atoms with Gasteiger partial charge < -0.3 is 15.8 Å². The van der Waals surface area contributed by atoms with Crippen molar-refractivity contribution in [2.45, 2.75) is 38.6 Å². The summed E-state index contributed by atoms with van der Waals surface area (Å²) >= 11 is 6.44. The van der Waals surface area contributed by atoms with Crippen molar-refractivity contribution in [2.75, 3.05) is 11.9 Å². The molecule has 0 saturated carbocycles. The summed E-state index contributed by atoms with van der Waals surface area (Å²) in [5, 5.41) is 3.18. The highest BCUT2D eigenvalue weighted by Crippen LogP contribution is 2.50. The number of carbonyl (C=O) groups is 1. The Morgan fingerprint density at radius 1 is 1.15 bits per heavy atom. The number of fused-ring (bicyclic) bond motifs is 1. The van der Waals surface area contributed by atoms with E-state index < -0.39 is 23.1 Å². The third-order valence-corrected chi connectivity index (χ3v) is 6.56. The SMILES string of the molecule is CCCOc1ccc(C(N)=O)c(-c2c(Cl)c(F)cc3c2C[C@@](CC)(c2ccccc2)N3)c1F. The molecule has 0 saturated heterocycles. The predicted molar refractivity (Wildman–Crippen MR) is 127 cm³/mol. The number of rotatable bonds is 7. The fourth-order valence-corrected chi connectivity index (χ4v) is 4.77. The minimum Gasteiger partial charge on any atom is -0.491 e. The average Bonchev–Trinajstić information content (AvgIpc) is 3.19. The van der Waals surface area contributed by atoms with E-state index in [1.165, 1.54) is 18.2 Å². The van der Waals surface area contributed by atoms with Crippen LogP contribution in [0.5, 0.6) is 5.75 Å². The number of ether oxygens (including phenoxy) is 1.